The predicted octanol–water partition coefficient (Wildman–Crippen LogP) is -0.167. The van der Waals surface area contributed by atoms with E-state index in [1.807, 2.05) is 0 Å². The Hall–Kier alpha value is -2.70. The quantitative estimate of drug-likeness (QED) is 0.495. The van der Waals surface area contributed by atoms with Crippen LogP contribution in [0, 0.1) is 5.82 Å². The molecule has 26 heavy (non-hydrogen) atoms. The van der Waals surface area contributed by atoms with Crippen LogP contribution in [0.1, 0.15) is 0 Å². The third-order valence-corrected chi connectivity index (χ3v) is 4.21. The number of aromatic amines is 1. The fourth-order valence-electron chi connectivity index (χ4n) is 2.17. The lowest BCUT2D eigenvalue weighted by atomic mass is 10.1. The van der Waals surface area contributed by atoms with E-state index in [1.165, 1.54) is 19.2 Å². The van der Waals surface area contributed by atoms with Crippen LogP contribution in [0.4, 0.5) is 10.1 Å². The minimum Gasteiger partial charge on any atom is -0.468 e. The number of halogens is 1. The maximum absolute atomic E-state index is 15.1. The highest BCUT2D eigenvalue weighted by atomic mass is 32.2. The van der Waals surface area contributed by atoms with Gasteiger partial charge in [-0.3, -0.25) is 9.59 Å². The number of H-pyrrole nitrogens is 1. The van der Waals surface area contributed by atoms with Crippen LogP contribution in [0.3, 0.4) is 0 Å². The van der Waals surface area contributed by atoms with Crippen molar-refractivity contribution in [1.29, 1.82) is 0 Å². The Kier molecular flexibility index (Phi) is 5.79. The minimum absolute atomic E-state index is 0.226. The summed E-state index contributed by atoms with van der Waals surface area (Å²) in [6, 6.07) is 3.76. The Balaban J connectivity index is 2.79. The Morgan fingerprint density at radius 2 is 2.04 bits per heavy atom. The third-order valence-electron chi connectivity index (χ3n) is 3.29. The average Bonchev–Trinajstić information content (AvgIpc) is 2.58. The van der Waals surface area contributed by atoms with Gasteiger partial charge in [0.1, 0.15) is 12.2 Å². The number of hydrogen-bond donors (Lipinski definition) is 2. The summed E-state index contributed by atoms with van der Waals surface area (Å²) in [4.78, 5) is 25.3. The molecule has 0 atom stereocenters. The summed E-state index contributed by atoms with van der Waals surface area (Å²) in [5.41, 5.74) is -1.55. The number of pyridine rings is 1. The molecule has 1 aromatic carbocycles. The van der Waals surface area contributed by atoms with Crippen molar-refractivity contribution in [2.24, 2.45) is 5.14 Å². The molecule has 0 aliphatic rings. The lowest BCUT2D eigenvalue weighted by molar-refractivity contribution is -0.138. The number of aromatic nitrogens is 1. The second-order valence-electron chi connectivity index (χ2n) is 5.00. The molecule has 2 rings (SSSR count). The molecule has 0 saturated heterocycles. The van der Waals surface area contributed by atoms with Crippen molar-refractivity contribution >= 4 is 32.8 Å². The second kappa shape index (κ2) is 7.68. The number of anilines is 1. The van der Waals surface area contributed by atoms with Crippen molar-refractivity contribution in [1.82, 2.24) is 4.98 Å². The average molecular weight is 389 g/mol. The van der Waals surface area contributed by atoms with E-state index in [2.05, 4.69) is 9.72 Å². The first-order valence-corrected chi connectivity index (χ1v) is 8.54. The molecule has 3 N–H and O–H groups in total. The van der Waals surface area contributed by atoms with Crippen molar-refractivity contribution in [3.05, 3.63) is 34.4 Å². The highest BCUT2D eigenvalue weighted by Crippen LogP contribution is 2.37. The van der Waals surface area contributed by atoms with Crippen molar-refractivity contribution in [2.45, 2.75) is 0 Å². The van der Waals surface area contributed by atoms with Gasteiger partial charge in [0.2, 0.25) is 5.56 Å². The van der Waals surface area contributed by atoms with Crippen LogP contribution in [-0.2, 0) is 24.5 Å². The Labute approximate surface area is 147 Å². The van der Waals surface area contributed by atoms with Gasteiger partial charge in [0.25, 0.3) is 10.2 Å². The van der Waals surface area contributed by atoms with Gasteiger partial charge in [-0.05, 0) is 12.1 Å². The number of fused-ring (bicyclic) bond motifs is 1. The van der Waals surface area contributed by atoms with Crippen LogP contribution in [0.2, 0.25) is 0 Å². The summed E-state index contributed by atoms with van der Waals surface area (Å²) in [6.45, 7) is -1.24. The van der Waals surface area contributed by atoms with E-state index in [9.17, 15) is 18.0 Å². The van der Waals surface area contributed by atoms with Crippen molar-refractivity contribution in [3.63, 3.8) is 0 Å². The minimum atomic E-state index is -4.59. The lowest BCUT2D eigenvalue weighted by Gasteiger charge is -2.24. The molecule has 0 spiro atoms. The van der Waals surface area contributed by atoms with E-state index in [4.69, 9.17) is 14.6 Å². The standard InChI is InChI=1S/C14H16FN3O7S/c1-23-7-25-9-5-8-3-4-10(19)17-13(8)12(15)14(9)18(26(16,21)22)6-11(20)24-2/h3-5H,6-7H2,1-2H3,(H,17,19)(H2,16,21,22). The largest absolute Gasteiger partial charge is 0.468 e. The summed E-state index contributed by atoms with van der Waals surface area (Å²) < 4.78 is 53.6. The van der Waals surface area contributed by atoms with Crippen LogP contribution in [-0.4, -0.2) is 46.9 Å². The zero-order valence-corrected chi connectivity index (χ0v) is 14.6. The summed E-state index contributed by atoms with van der Waals surface area (Å²) in [6.07, 6.45) is 0. The van der Waals surface area contributed by atoms with Gasteiger partial charge < -0.3 is 19.2 Å². The van der Waals surface area contributed by atoms with E-state index in [0.29, 0.717) is 0 Å². The van der Waals surface area contributed by atoms with E-state index < -0.39 is 39.8 Å². The van der Waals surface area contributed by atoms with Crippen LogP contribution < -0.4 is 19.7 Å². The molecule has 0 saturated carbocycles. The molecule has 0 unspecified atom stereocenters. The van der Waals surface area contributed by atoms with Crippen molar-refractivity contribution in [2.75, 3.05) is 31.9 Å². The summed E-state index contributed by atoms with van der Waals surface area (Å²) >= 11 is 0. The predicted molar refractivity (Wildman–Crippen MR) is 89.5 cm³/mol. The number of nitrogens with two attached hydrogens (primary N) is 1. The van der Waals surface area contributed by atoms with E-state index in [1.54, 1.807) is 0 Å². The number of methoxy groups -OCH3 is 2. The fourth-order valence-corrected chi connectivity index (χ4v) is 2.88. The zero-order chi connectivity index (χ0) is 19.5. The number of carbonyl (C=O) groups is 1. The van der Waals surface area contributed by atoms with Gasteiger partial charge in [0.15, 0.2) is 18.4 Å². The molecule has 1 heterocycles. The van der Waals surface area contributed by atoms with Gasteiger partial charge in [0.05, 0.1) is 12.6 Å². The first-order chi connectivity index (χ1) is 12.2. The van der Waals surface area contributed by atoms with E-state index >= 15 is 4.39 Å². The molecule has 1 aromatic heterocycles. The van der Waals surface area contributed by atoms with Crippen molar-refractivity contribution in [3.8, 4) is 5.75 Å². The first kappa shape index (κ1) is 19.6. The molecule has 2 aromatic rings. The molecule has 0 aliphatic heterocycles. The number of benzene rings is 1. The Morgan fingerprint density at radius 1 is 1.35 bits per heavy atom. The van der Waals surface area contributed by atoms with Crippen LogP contribution in [0.5, 0.6) is 5.75 Å². The summed E-state index contributed by atoms with van der Waals surface area (Å²) in [7, 11) is -2.26. The van der Waals surface area contributed by atoms with E-state index in [-0.39, 0.29) is 27.8 Å². The number of carbonyl (C=O) groups excluding carboxylic acids is 1. The van der Waals surface area contributed by atoms with Gasteiger partial charge in [-0.1, -0.05) is 0 Å². The number of ether oxygens (including phenoxy) is 3. The Morgan fingerprint density at radius 3 is 2.62 bits per heavy atom. The number of hydrogen-bond acceptors (Lipinski definition) is 7. The molecule has 10 nitrogen and oxygen atoms in total. The summed E-state index contributed by atoms with van der Waals surface area (Å²) in [5, 5.41) is 5.35. The lowest BCUT2D eigenvalue weighted by Crippen LogP contribution is -2.41. The van der Waals surface area contributed by atoms with E-state index in [0.717, 1.165) is 13.2 Å². The Bertz CT molecular complexity index is 990. The molecule has 0 radical (unpaired) electrons. The van der Waals surface area contributed by atoms with Gasteiger partial charge in [-0.15, -0.1) is 0 Å². The molecule has 12 heteroatoms. The molecular weight excluding hydrogens is 373 g/mol. The second-order valence-corrected chi connectivity index (χ2v) is 6.47. The highest BCUT2D eigenvalue weighted by molar-refractivity contribution is 7.90. The monoisotopic (exact) mass is 389 g/mol. The number of rotatable bonds is 7. The van der Waals surface area contributed by atoms with Crippen LogP contribution in [0.25, 0.3) is 10.9 Å². The van der Waals surface area contributed by atoms with Gasteiger partial charge in [0, 0.05) is 18.6 Å². The van der Waals surface area contributed by atoms with Crippen molar-refractivity contribution < 1.29 is 31.8 Å². The van der Waals surface area contributed by atoms with Crippen LogP contribution in [0.15, 0.2) is 23.0 Å². The normalized spacial score (nSPS) is 11.4. The fraction of sp³-hybridized carbons (Fsp3) is 0.286. The number of nitrogens with zero attached hydrogens (tertiary/aromatic N) is 1. The van der Waals surface area contributed by atoms with Gasteiger partial charge in [-0.2, -0.15) is 8.42 Å². The van der Waals surface area contributed by atoms with Gasteiger partial charge in [-0.25, -0.2) is 13.8 Å². The SMILES string of the molecule is COCOc1cc2ccc(=O)[nH]c2c(F)c1N(CC(=O)OC)S(N)(=O)=O. The summed E-state index contributed by atoms with van der Waals surface area (Å²) in [5.74, 6) is -2.40. The van der Waals surface area contributed by atoms with Gasteiger partial charge >= 0.3 is 5.97 Å². The smallest absolute Gasteiger partial charge is 0.326 e. The molecular formula is C14H16FN3O7S. The number of esters is 1. The topological polar surface area (TPSA) is 141 Å². The molecule has 142 valence electrons. The number of nitrogens with one attached hydrogen (secondary N) is 1. The molecule has 0 aliphatic carbocycles. The third kappa shape index (κ3) is 4.09. The van der Waals surface area contributed by atoms with Crippen LogP contribution >= 0.6 is 0 Å². The highest BCUT2D eigenvalue weighted by Gasteiger charge is 2.30. The molecule has 0 amide bonds. The molecule has 0 bridgehead atoms. The first-order valence-electron chi connectivity index (χ1n) is 7.03. The zero-order valence-electron chi connectivity index (χ0n) is 13.8. The maximum Gasteiger partial charge on any atom is 0.326 e. The molecule has 0 fully saturated rings. The maximum atomic E-state index is 15.1.